The van der Waals surface area contributed by atoms with E-state index in [9.17, 15) is 9.59 Å². The summed E-state index contributed by atoms with van der Waals surface area (Å²) in [7, 11) is 0. The number of ketones is 1. The van der Waals surface area contributed by atoms with E-state index >= 15 is 0 Å². The molecule has 1 unspecified atom stereocenters. The molecule has 1 amide bonds. The number of carbonyl (C=O) groups is 2. The number of aliphatic hydroxyl groups is 1. The van der Waals surface area contributed by atoms with Gasteiger partial charge < -0.3 is 10.4 Å². The minimum absolute atomic E-state index is 0.0407. The molecule has 5 heteroatoms. The molecule has 0 aliphatic carbocycles. The van der Waals surface area contributed by atoms with E-state index in [0.29, 0.717) is 16.9 Å². The molecule has 0 spiro atoms. The van der Waals surface area contributed by atoms with E-state index in [1.165, 1.54) is 18.3 Å². The second-order valence-electron chi connectivity index (χ2n) is 4.59. The number of amides is 1. The normalized spacial score (nSPS) is 12.5. The smallest absolute Gasteiger partial charge is 0.261 e. The van der Waals surface area contributed by atoms with E-state index in [0.717, 1.165) is 0 Å². The van der Waals surface area contributed by atoms with Crippen molar-refractivity contribution in [2.45, 2.75) is 33.2 Å². The highest BCUT2D eigenvalue weighted by Crippen LogP contribution is 2.16. The lowest BCUT2D eigenvalue weighted by Gasteiger charge is -2.21. The average Bonchev–Trinajstić information content (AvgIpc) is 2.77. The Labute approximate surface area is 111 Å². The molecular formula is C13H19NO3S. The van der Waals surface area contributed by atoms with Gasteiger partial charge in [0.05, 0.1) is 4.88 Å². The van der Waals surface area contributed by atoms with Crippen LogP contribution in [0.3, 0.4) is 0 Å². The van der Waals surface area contributed by atoms with Crippen molar-refractivity contribution in [3.63, 3.8) is 0 Å². The fourth-order valence-electron chi connectivity index (χ4n) is 1.59. The molecule has 1 atom stereocenters. The van der Waals surface area contributed by atoms with Gasteiger partial charge in [-0.05, 0) is 25.3 Å². The topological polar surface area (TPSA) is 66.4 Å². The number of carbonyl (C=O) groups excluding carboxylic acids is 2. The molecule has 0 aromatic carbocycles. The molecule has 0 aliphatic rings. The lowest BCUT2D eigenvalue weighted by atomic mass is 10.0. The Balaban J connectivity index is 2.71. The van der Waals surface area contributed by atoms with Crippen molar-refractivity contribution >= 4 is 23.0 Å². The van der Waals surface area contributed by atoms with E-state index in [2.05, 4.69) is 5.32 Å². The first kappa shape index (κ1) is 14.9. The van der Waals surface area contributed by atoms with E-state index < -0.39 is 0 Å². The largest absolute Gasteiger partial charge is 0.396 e. The number of aliphatic hydroxyl groups excluding tert-OH is 1. The molecule has 4 nitrogen and oxygen atoms in total. The van der Waals surface area contributed by atoms with Crippen molar-refractivity contribution in [2.75, 3.05) is 6.61 Å². The van der Waals surface area contributed by atoms with Gasteiger partial charge in [0.1, 0.15) is 0 Å². The van der Waals surface area contributed by atoms with E-state index in [4.69, 9.17) is 5.11 Å². The van der Waals surface area contributed by atoms with Crippen LogP contribution >= 0.6 is 11.3 Å². The molecule has 18 heavy (non-hydrogen) atoms. The van der Waals surface area contributed by atoms with Gasteiger partial charge in [-0.3, -0.25) is 9.59 Å². The summed E-state index contributed by atoms with van der Waals surface area (Å²) in [6, 6.07) is 1.56. The number of Topliss-reactive ketones (excluding diaryl/α,β-unsaturated/α-hetero) is 1. The first-order valence-corrected chi connectivity index (χ1v) is 6.84. The number of rotatable bonds is 6. The Morgan fingerprint density at radius 1 is 1.44 bits per heavy atom. The molecule has 0 aliphatic heterocycles. The number of hydrogen-bond donors (Lipinski definition) is 2. The summed E-state index contributed by atoms with van der Waals surface area (Å²) >= 11 is 1.26. The molecule has 0 bridgehead atoms. The standard InChI is InChI=1S/C13H19NO3S/c1-8(2)11(4-5-15)14-13(17)12-6-10(7-18-12)9(3)16/h6-8,11,15H,4-5H2,1-3H3,(H,14,17). The minimum atomic E-state index is -0.181. The molecule has 100 valence electrons. The van der Waals surface area contributed by atoms with Crippen LogP contribution in [0.25, 0.3) is 0 Å². The molecule has 1 aromatic heterocycles. The lowest BCUT2D eigenvalue weighted by Crippen LogP contribution is -2.38. The molecule has 1 heterocycles. The van der Waals surface area contributed by atoms with Gasteiger partial charge in [0, 0.05) is 23.6 Å². The van der Waals surface area contributed by atoms with Crippen molar-refractivity contribution in [1.82, 2.24) is 5.32 Å². The summed E-state index contributed by atoms with van der Waals surface area (Å²) in [5.74, 6) is 0.0362. The average molecular weight is 269 g/mol. The molecule has 0 radical (unpaired) electrons. The lowest BCUT2D eigenvalue weighted by molar-refractivity contribution is 0.0920. The third-order valence-corrected chi connectivity index (χ3v) is 3.72. The monoisotopic (exact) mass is 269 g/mol. The van der Waals surface area contributed by atoms with Crippen molar-refractivity contribution in [3.8, 4) is 0 Å². The third-order valence-electron chi connectivity index (χ3n) is 2.79. The Morgan fingerprint density at radius 2 is 2.11 bits per heavy atom. The van der Waals surface area contributed by atoms with Crippen molar-refractivity contribution in [1.29, 1.82) is 0 Å². The maximum Gasteiger partial charge on any atom is 0.261 e. The molecular weight excluding hydrogens is 250 g/mol. The Kier molecular flexibility index (Phi) is 5.50. The van der Waals surface area contributed by atoms with Gasteiger partial charge >= 0.3 is 0 Å². The van der Waals surface area contributed by atoms with Crippen molar-refractivity contribution in [2.24, 2.45) is 5.92 Å². The van der Waals surface area contributed by atoms with Crippen LogP contribution in [-0.2, 0) is 0 Å². The predicted molar refractivity (Wildman–Crippen MR) is 72.1 cm³/mol. The van der Waals surface area contributed by atoms with Gasteiger partial charge in [-0.25, -0.2) is 0 Å². The SMILES string of the molecule is CC(=O)c1csc(C(=O)NC(CCO)C(C)C)c1. The number of nitrogens with one attached hydrogen (secondary N) is 1. The first-order chi connectivity index (χ1) is 8.45. The Bertz CT molecular complexity index is 426. The molecule has 0 saturated carbocycles. The maximum absolute atomic E-state index is 12.0. The Hall–Kier alpha value is -1.20. The molecule has 1 rings (SSSR count). The van der Waals surface area contributed by atoms with E-state index in [-0.39, 0.29) is 30.3 Å². The summed E-state index contributed by atoms with van der Waals surface area (Å²) in [4.78, 5) is 23.7. The van der Waals surface area contributed by atoms with Crippen LogP contribution in [0.5, 0.6) is 0 Å². The van der Waals surface area contributed by atoms with Crippen LogP contribution in [0.4, 0.5) is 0 Å². The van der Waals surface area contributed by atoms with Crippen LogP contribution < -0.4 is 5.32 Å². The molecule has 2 N–H and O–H groups in total. The summed E-state index contributed by atoms with van der Waals surface area (Å²) in [6.07, 6.45) is 0.536. The highest BCUT2D eigenvalue weighted by Gasteiger charge is 2.18. The Morgan fingerprint density at radius 3 is 2.56 bits per heavy atom. The fourth-order valence-corrected chi connectivity index (χ4v) is 2.44. The van der Waals surface area contributed by atoms with Gasteiger partial charge in [0.25, 0.3) is 5.91 Å². The van der Waals surface area contributed by atoms with E-state index in [1.54, 1.807) is 11.4 Å². The van der Waals surface area contributed by atoms with Gasteiger partial charge in [0.2, 0.25) is 0 Å². The van der Waals surface area contributed by atoms with Crippen molar-refractivity contribution < 1.29 is 14.7 Å². The number of hydrogen-bond acceptors (Lipinski definition) is 4. The van der Waals surface area contributed by atoms with Crippen LogP contribution in [0.15, 0.2) is 11.4 Å². The van der Waals surface area contributed by atoms with Crippen LogP contribution in [0.2, 0.25) is 0 Å². The van der Waals surface area contributed by atoms with Crippen LogP contribution in [-0.4, -0.2) is 29.4 Å². The highest BCUT2D eigenvalue weighted by atomic mass is 32.1. The van der Waals surface area contributed by atoms with Gasteiger partial charge in [-0.1, -0.05) is 13.8 Å². The summed E-state index contributed by atoms with van der Waals surface area (Å²) in [5, 5.41) is 13.5. The van der Waals surface area contributed by atoms with Crippen LogP contribution in [0, 0.1) is 5.92 Å². The molecule has 1 aromatic rings. The zero-order valence-electron chi connectivity index (χ0n) is 10.9. The fraction of sp³-hybridized carbons (Fsp3) is 0.538. The van der Waals surface area contributed by atoms with Crippen molar-refractivity contribution in [3.05, 3.63) is 21.9 Å². The minimum Gasteiger partial charge on any atom is -0.396 e. The molecule has 0 saturated heterocycles. The quantitative estimate of drug-likeness (QED) is 0.777. The molecule has 0 fully saturated rings. The highest BCUT2D eigenvalue weighted by molar-refractivity contribution is 7.12. The second kappa shape index (κ2) is 6.66. The summed E-state index contributed by atoms with van der Waals surface area (Å²) < 4.78 is 0. The second-order valence-corrected chi connectivity index (χ2v) is 5.50. The predicted octanol–water partition coefficient (Wildman–Crippen LogP) is 2.09. The summed E-state index contributed by atoms with van der Waals surface area (Å²) in [5.41, 5.74) is 0.563. The van der Waals surface area contributed by atoms with Gasteiger partial charge in [-0.15, -0.1) is 11.3 Å². The van der Waals surface area contributed by atoms with Gasteiger partial charge in [0.15, 0.2) is 5.78 Å². The van der Waals surface area contributed by atoms with Crippen LogP contribution in [0.1, 0.15) is 47.2 Å². The maximum atomic E-state index is 12.0. The zero-order chi connectivity index (χ0) is 13.7. The zero-order valence-corrected chi connectivity index (χ0v) is 11.7. The third kappa shape index (κ3) is 3.92. The summed E-state index contributed by atoms with van der Waals surface area (Å²) in [6.45, 7) is 5.52. The van der Waals surface area contributed by atoms with E-state index in [1.807, 2.05) is 13.8 Å². The van der Waals surface area contributed by atoms with Gasteiger partial charge in [-0.2, -0.15) is 0 Å². The number of thiophene rings is 1. The first-order valence-electron chi connectivity index (χ1n) is 5.97.